The van der Waals surface area contributed by atoms with Crippen molar-refractivity contribution in [3.05, 3.63) is 32.8 Å². The van der Waals surface area contributed by atoms with E-state index < -0.39 is 4.92 Å². The maximum atomic E-state index is 11.7. The number of benzene rings is 1. The third kappa shape index (κ3) is 2.28. The summed E-state index contributed by atoms with van der Waals surface area (Å²) in [7, 11) is 0. The van der Waals surface area contributed by atoms with Gasteiger partial charge in [-0.15, -0.1) is 11.6 Å². The van der Waals surface area contributed by atoms with Gasteiger partial charge in [-0.1, -0.05) is 6.07 Å². The Labute approximate surface area is 111 Å². The molecular formula is C10H8BrClN2O3. The standard InChI is InChI=1S/C10H8BrClN2O3/c11-7-2-1-3-8(10(7)14(16)17)13-5-6(12)4-9(13)15/h1-3,6H,4-5H2. The number of nitro benzene ring substituents is 1. The van der Waals surface area contributed by atoms with E-state index in [9.17, 15) is 14.9 Å². The molecule has 1 aromatic rings. The normalized spacial score (nSPS) is 19.8. The summed E-state index contributed by atoms with van der Waals surface area (Å²) in [5.74, 6) is -0.189. The number of carbonyl (C=O) groups is 1. The van der Waals surface area contributed by atoms with Crippen LogP contribution in [0.4, 0.5) is 11.4 Å². The number of hydrogen-bond donors (Lipinski definition) is 0. The second-order valence-corrected chi connectivity index (χ2v) is 5.14. The van der Waals surface area contributed by atoms with Gasteiger partial charge in [0.05, 0.1) is 14.8 Å². The van der Waals surface area contributed by atoms with Crippen molar-refractivity contribution < 1.29 is 9.72 Å². The van der Waals surface area contributed by atoms with Crippen molar-refractivity contribution >= 4 is 44.8 Å². The van der Waals surface area contributed by atoms with Gasteiger partial charge in [0.1, 0.15) is 5.69 Å². The summed E-state index contributed by atoms with van der Waals surface area (Å²) in [4.78, 5) is 23.5. The highest BCUT2D eigenvalue weighted by atomic mass is 79.9. The molecule has 0 spiro atoms. The van der Waals surface area contributed by atoms with Gasteiger partial charge in [-0.05, 0) is 28.1 Å². The minimum Gasteiger partial charge on any atom is -0.305 e. The molecule has 1 aliphatic rings. The predicted octanol–water partition coefficient (Wildman–Crippen LogP) is 2.70. The molecule has 17 heavy (non-hydrogen) atoms. The molecule has 1 fully saturated rings. The largest absolute Gasteiger partial charge is 0.307 e. The van der Waals surface area contributed by atoms with Crippen molar-refractivity contribution in [1.82, 2.24) is 0 Å². The van der Waals surface area contributed by atoms with Crippen molar-refractivity contribution in [1.29, 1.82) is 0 Å². The van der Waals surface area contributed by atoms with Gasteiger partial charge in [0, 0.05) is 13.0 Å². The van der Waals surface area contributed by atoms with Gasteiger partial charge < -0.3 is 4.90 Å². The Balaban J connectivity index is 2.49. The van der Waals surface area contributed by atoms with Crippen LogP contribution >= 0.6 is 27.5 Å². The van der Waals surface area contributed by atoms with Crippen LogP contribution in [0.25, 0.3) is 0 Å². The highest BCUT2D eigenvalue weighted by molar-refractivity contribution is 9.10. The Morgan fingerprint density at radius 1 is 1.53 bits per heavy atom. The van der Waals surface area contributed by atoms with E-state index in [0.717, 1.165) is 0 Å². The molecule has 1 heterocycles. The molecule has 0 saturated carbocycles. The smallest absolute Gasteiger partial charge is 0.305 e. The number of halogens is 2. The molecule has 5 nitrogen and oxygen atoms in total. The van der Waals surface area contributed by atoms with E-state index in [1.165, 1.54) is 4.90 Å². The second kappa shape index (κ2) is 4.62. The number of nitro groups is 1. The van der Waals surface area contributed by atoms with Gasteiger partial charge in [-0.25, -0.2) is 0 Å². The first-order chi connectivity index (χ1) is 8.00. The van der Waals surface area contributed by atoms with E-state index in [1.54, 1.807) is 18.2 Å². The first-order valence-corrected chi connectivity index (χ1v) is 6.11. The zero-order valence-electron chi connectivity index (χ0n) is 8.60. The second-order valence-electron chi connectivity index (χ2n) is 3.67. The molecule has 0 aliphatic carbocycles. The average molecular weight is 320 g/mol. The highest BCUT2D eigenvalue weighted by Crippen LogP contribution is 2.37. The molecule has 1 aromatic carbocycles. The zero-order valence-corrected chi connectivity index (χ0v) is 10.9. The summed E-state index contributed by atoms with van der Waals surface area (Å²) >= 11 is 9.00. The average Bonchev–Trinajstić information content (AvgIpc) is 2.56. The van der Waals surface area contributed by atoms with E-state index in [1.807, 2.05) is 0 Å². The van der Waals surface area contributed by atoms with E-state index in [0.29, 0.717) is 11.0 Å². The molecule has 0 N–H and O–H groups in total. The van der Waals surface area contributed by atoms with Crippen LogP contribution in [0.2, 0.25) is 0 Å². The van der Waals surface area contributed by atoms with E-state index in [2.05, 4.69) is 15.9 Å². The summed E-state index contributed by atoms with van der Waals surface area (Å²) in [6.07, 6.45) is 0.214. The molecule has 0 bridgehead atoms. The monoisotopic (exact) mass is 318 g/mol. The Kier molecular flexibility index (Phi) is 3.35. The van der Waals surface area contributed by atoms with Gasteiger partial charge in [0.25, 0.3) is 0 Å². The van der Waals surface area contributed by atoms with Gasteiger partial charge >= 0.3 is 5.69 Å². The van der Waals surface area contributed by atoms with E-state index >= 15 is 0 Å². The first-order valence-electron chi connectivity index (χ1n) is 4.88. The number of hydrogen-bond acceptors (Lipinski definition) is 3. The fourth-order valence-electron chi connectivity index (χ4n) is 1.80. The van der Waals surface area contributed by atoms with Crippen LogP contribution in [0.1, 0.15) is 6.42 Å². The fourth-order valence-corrected chi connectivity index (χ4v) is 2.57. The lowest BCUT2D eigenvalue weighted by molar-refractivity contribution is -0.384. The lowest BCUT2D eigenvalue weighted by atomic mass is 10.2. The number of anilines is 1. The lowest BCUT2D eigenvalue weighted by Crippen LogP contribution is -2.25. The summed E-state index contributed by atoms with van der Waals surface area (Å²) in [6, 6.07) is 4.78. The van der Waals surface area contributed by atoms with Crippen molar-refractivity contribution in [2.24, 2.45) is 0 Å². The third-order valence-electron chi connectivity index (χ3n) is 2.52. The number of carbonyl (C=O) groups excluding carboxylic acids is 1. The van der Waals surface area contributed by atoms with Gasteiger partial charge in [0.15, 0.2) is 0 Å². The van der Waals surface area contributed by atoms with Crippen LogP contribution < -0.4 is 4.90 Å². The van der Waals surface area contributed by atoms with Gasteiger partial charge in [-0.2, -0.15) is 0 Å². The van der Waals surface area contributed by atoms with Crippen LogP contribution in [-0.4, -0.2) is 22.8 Å². The molecule has 1 amide bonds. The summed E-state index contributed by atoms with van der Waals surface area (Å²) in [6.45, 7) is 0.303. The van der Waals surface area contributed by atoms with Crippen molar-refractivity contribution in [2.75, 3.05) is 11.4 Å². The zero-order chi connectivity index (χ0) is 12.6. The quantitative estimate of drug-likeness (QED) is 0.478. The third-order valence-corrected chi connectivity index (χ3v) is 3.45. The molecule has 0 radical (unpaired) electrons. The van der Waals surface area contributed by atoms with Crippen molar-refractivity contribution in [3.8, 4) is 0 Å². The molecule has 1 unspecified atom stereocenters. The lowest BCUT2D eigenvalue weighted by Gasteiger charge is -2.16. The Hall–Kier alpha value is -1.14. The minimum atomic E-state index is -0.506. The van der Waals surface area contributed by atoms with Crippen LogP contribution in [0, 0.1) is 10.1 Å². The Morgan fingerprint density at radius 3 is 2.76 bits per heavy atom. The molecule has 1 atom stereocenters. The Morgan fingerprint density at radius 2 is 2.24 bits per heavy atom. The van der Waals surface area contributed by atoms with E-state index in [-0.39, 0.29) is 29.1 Å². The van der Waals surface area contributed by atoms with Gasteiger partial charge in [0.2, 0.25) is 5.91 Å². The maximum absolute atomic E-state index is 11.7. The molecule has 2 rings (SSSR count). The maximum Gasteiger partial charge on any atom is 0.307 e. The number of nitrogens with zero attached hydrogens (tertiary/aromatic N) is 2. The van der Waals surface area contributed by atoms with Gasteiger partial charge in [-0.3, -0.25) is 14.9 Å². The van der Waals surface area contributed by atoms with Crippen LogP contribution in [0.15, 0.2) is 22.7 Å². The van der Waals surface area contributed by atoms with Crippen LogP contribution in [0.5, 0.6) is 0 Å². The molecule has 7 heteroatoms. The number of para-hydroxylation sites is 1. The summed E-state index contributed by atoms with van der Waals surface area (Å²) in [5, 5.41) is 10.7. The molecule has 90 valence electrons. The molecule has 0 aromatic heterocycles. The topological polar surface area (TPSA) is 63.5 Å². The first kappa shape index (κ1) is 12.3. The molecular weight excluding hydrogens is 311 g/mol. The van der Waals surface area contributed by atoms with E-state index in [4.69, 9.17) is 11.6 Å². The predicted molar refractivity (Wildman–Crippen MR) is 67.4 cm³/mol. The highest BCUT2D eigenvalue weighted by Gasteiger charge is 2.34. The van der Waals surface area contributed by atoms with Crippen LogP contribution in [0.3, 0.4) is 0 Å². The number of amides is 1. The number of rotatable bonds is 2. The van der Waals surface area contributed by atoms with Crippen molar-refractivity contribution in [3.63, 3.8) is 0 Å². The fraction of sp³-hybridized carbons (Fsp3) is 0.300. The minimum absolute atomic E-state index is 0.105. The summed E-state index contributed by atoms with van der Waals surface area (Å²) < 4.78 is 0.353. The number of alkyl halides is 1. The Bertz CT molecular complexity index is 494. The van der Waals surface area contributed by atoms with Crippen LogP contribution in [-0.2, 0) is 4.79 Å². The van der Waals surface area contributed by atoms with Crippen molar-refractivity contribution in [2.45, 2.75) is 11.8 Å². The molecule has 1 saturated heterocycles. The summed E-state index contributed by atoms with van der Waals surface area (Å²) in [5.41, 5.74) is 0.184. The molecule has 1 aliphatic heterocycles. The SMILES string of the molecule is O=C1CC(Cl)CN1c1cccc(Br)c1[N+](=O)[O-].